The Balaban J connectivity index is 1.77. The minimum absolute atomic E-state index is 0.0572. The number of morpholine rings is 1. The zero-order chi connectivity index (χ0) is 22.6. The molecular formula is C23H29ClN2O4S. The number of hydrogen-bond donors (Lipinski definition) is 1. The third-order valence-electron chi connectivity index (χ3n) is 5.47. The maximum absolute atomic E-state index is 13.2. The second-order valence-corrected chi connectivity index (χ2v) is 10.3. The molecule has 0 bridgehead atoms. The summed E-state index contributed by atoms with van der Waals surface area (Å²) in [5.74, 6) is -0.150. The Morgan fingerprint density at radius 1 is 1.16 bits per heavy atom. The Morgan fingerprint density at radius 3 is 2.42 bits per heavy atom. The van der Waals surface area contributed by atoms with Crippen LogP contribution in [0.5, 0.6) is 0 Å². The molecule has 0 saturated carbocycles. The molecule has 168 valence electrons. The smallest absolute Gasteiger partial charge is 0.251 e. The van der Waals surface area contributed by atoms with Gasteiger partial charge in [-0.3, -0.25) is 4.79 Å². The maximum atomic E-state index is 13.2. The van der Waals surface area contributed by atoms with Crippen LogP contribution in [-0.4, -0.2) is 50.5 Å². The van der Waals surface area contributed by atoms with Gasteiger partial charge in [-0.1, -0.05) is 48.9 Å². The van der Waals surface area contributed by atoms with Gasteiger partial charge in [0, 0.05) is 31.1 Å². The van der Waals surface area contributed by atoms with Gasteiger partial charge >= 0.3 is 0 Å². The van der Waals surface area contributed by atoms with E-state index in [-0.39, 0.29) is 52.6 Å². The minimum atomic E-state index is -3.85. The molecule has 1 fully saturated rings. The average Bonchev–Trinajstić information content (AvgIpc) is 2.74. The lowest BCUT2D eigenvalue weighted by Crippen LogP contribution is -2.48. The van der Waals surface area contributed by atoms with Gasteiger partial charge in [0.25, 0.3) is 5.91 Å². The molecule has 3 rings (SSSR count). The van der Waals surface area contributed by atoms with Crippen LogP contribution < -0.4 is 5.32 Å². The van der Waals surface area contributed by atoms with Crippen molar-refractivity contribution in [2.75, 3.05) is 19.6 Å². The lowest BCUT2D eigenvalue weighted by atomic mass is 9.96. The van der Waals surface area contributed by atoms with Gasteiger partial charge in [0.1, 0.15) is 4.90 Å². The van der Waals surface area contributed by atoms with E-state index in [1.54, 1.807) is 6.07 Å². The van der Waals surface area contributed by atoms with Crippen LogP contribution in [0.2, 0.25) is 5.02 Å². The fourth-order valence-corrected chi connectivity index (χ4v) is 5.94. The molecule has 1 aliphatic heterocycles. The second kappa shape index (κ2) is 10.1. The first kappa shape index (κ1) is 23.7. The largest absolute Gasteiger partial charge is 0.373 e. The highest BCUT2D eigenvalue weighted by atomic mass is 35.5. The number of hydrogen-bond acceptors (Lipinski definition) is 4. The van der Waals surface area contributed by atoms with Gasteiger partial charge in [-0.25, -0.2) is 8.42 Å². The van der Waals surface area contributed by atoms with E-state index in [1.165, 1.54) is 16.4 Å². The van der Waals surface area contributed by atoms with Gasteiger partial charge in [0.2, 0.25) is 10.0 Å². The number of sulfonamides is 1. The molecule has 0 aliphatic carbocycles. The zero-order valence-corrected chi connectivity index (χ0v) is 19.6. The van der Waals surface area contributed by atoms with Crippen molar-refractivity contribution in [1.29, 1.82) is 0 Å². The molecule has 3 unspecified atom stereocenters. The highest BCUT2D eigenvalue weighted by Crippen LogP contribution is 2.28. The van der Waals surface area contributed by atoms with E-state index in [2.05, 4.69) is 12.2 Å². The highest BCUT2D eigenvalue weighted by Gasteiger charge is 2.33. The minimum Gasteiger partial charge on any atom is -0.373 e. The van der Waals surface area contributed by atoms with Crippen molar-refractivity contribution in [3.05, 3.63) is 64.7 Å². The number of benzene rings is 2. The van der Waals surface area contributed by atoms with Crippen molar-refractivity contribution in [3.8, 4) is 0 Å². The van der Waals surface area contributed by atoms with Gasteiger partial charge in [0.15, 0.2) is 0 Å². The quantitative estimate of drug-likeness (QED) is 0.670. The standard InChI is InChI=1S/C23H29ClN2O4S/c1-4-18(19-8-6-5-7-9-19)13-25-23(27)20-10-11-21(24)22(12-20)31(28,29)26-14-16(2)30-17(3)15-26/h5-12,16-18H,4,13-15H2,1-3H3,(H,25,27). The summed E-state index contributed by atoms with van der Waals surface area (Å²) < 4.78 is 33.5. The van der Waals surface area contributed by atoms with Crippen LogP contribution in [0.15, 0.2) is 53.4 Å². The predicted molar refractivity (Wildman–Crippen MR) is 122 cm³/mol. The molecule has 3 atom stereocenters. The average molecular weight is 465 g/mol. The van der Waals surface area contributed by atoms with Gasteiger partial charge in [-0.05, 0) is 44.0 Å². The highest BCUT2D eigenvalue weighted by molar-refractivity contribution is 7.89. The maximum Gasteiger partial charge on any atom is 0.251 e. The molecule has 8 heteroatoms. The van der Waals surface area contributed by atoms with Crippen LogP contribution in [0.1, 0.15) is 49.0 Å². The Bertz CT molecular complexity index is 1000. The summed E-state index contributed by atoms with van der Waals surface area (Å²) in [6.07, 6.45) is 0.443. The number of ether oxygens (including phenoxy) is 1. The molecule has 1 amide bonds. The molecule has 31 heavy (non-hydrogen) atoms. The van der Waals surface area contributed by atoms with Gasteiger partial charge in [-0.15, -0.1) is 0 Å². The topological polar surface area (TPSA) is 75.7 Å². The Kier molecular flexibility index (Phi) is 7.75. The molecule has 1 aliphatic rings. The second-order valence-electron chi connectivity index (χ2n) is 7.95. The zero-order valence-electron chi connectivity index (χ0n) is 18.0. The van der Waals surface area contributed by atoms with Crippen molar-refractivity contribution >= 4 is 27.5 Å². The van der Waals surface area contributed by atoms with E-state index < -0.39 is 10.0 Å². The number of carbonyl (C=O) groups excluding carboxylic acids is 1. The van der Waals surface area contributed by atoms with Gasteiger partial charge in [-0.2, -0.15) is 4.31 Å². The fourth-order valence-electron chi connectivity index (χ4n) is 3.85. The fraction of sp³-hybridized carbons (Fsp3) is 0.435. The van der Waals surface area contributed by atoms with E-state index in [1.807, 2.05) is 44.2 Å². The van der Waals surface area contributed by atoms with E-state index in [9.17, 15) is 13.2 Å². The molecule has 1 saturated heterocycles. The summed E-state index contributed by atoms with van der Waals surface area (Å²) in [6, 6.07) is 14.4. The van der Waals surface area contributed by atoms with Crippen molar-refractivity contribution in [1.82, 2.24) is 9.62 Å². The van der Waals surface area contributed by atoms with Crippen molar-refractivity contribution in [3.63, 3.8) is 0 Å². The molecule has 0 aromatic heterocycles. The summed E-state index contributed by atoms with van der Waals surface area (Å²) in [5.41, 5.74) is 1.42. The van der Waals surface area contributed by atoms with Crippen LogP contribution in [0.3, 0.4) is 0 Å². The van der Waals surface area contributed by atoms with Crippen molar-refractivity contribution < 1.29 is 17.9 Å². The lowest BCUT2D eigenvalue weighted by molar-refractivity contribution is -0.0440. The molecule has 1 N–H and O–H groups in total. The van der Waals surface area contributed by atoms with Gasteiger partial charge in [0.05, 0.1) is 17.2 Å². The molecule has 6 nitrogen and oxygen atoms in total. The van der Waals surface area contributed by atoms with Crippen LogP contribution in [-0.2, 0) is 14.8 Å². The Hall–Kier alpha value is -1.93. The lowest BCUT2D eigenvalue weighted by Gasteiger charge is -2.34. The number of halogens is 1. The summed E-state index contributed by atoms with van der Waals surface area (Å²) in [7, 11) is -3.85. The van der Waals surface area contributed by atoms with Crippen LogP contribution in [0.4, 0.5) is 0 Å². The van der Waals surface area contributed by atoms with E-state index in [4.69, 9.17) is 16.3 Å². The van der Waals surface area contributed by atoms with Crippen molar-refractivity contribution in [2.45, 2.75) is 50.2 Å². The number of rotatable bonds is 7. The third-order valence-corrected chi connectivity index (χ3v) is 7.78. The molecule has 0 spiro atoms. The molecule has 1 heterocycles. The number of amides is 1. The first-order chi connectivity index (χ1) is 14.7. The van der Waals surface area contributed by atoms with Crippen LogP contribution in [0.25, 0.3) is 0 Å². The molecule has 2 aromatic rings. The number of carbonyl (C=O) groups is 1. The first-order valence-corrected chi connectivity index (χ1v) is 12.3. The Morgan fingerprint density at radius 2 is 1.81 bits per heavy atom. The van der Waals surface area contributed by atoms with Crippen LogP contribution >= 0.6 is 11.6 Å². The summed E-state index contributed by atoms with van der Waals surface area (Å²) >= 11 is 6.24. The first-order valence-electron chi connectivity index (χ1n) is 10.5. The van der Waals surface area contributed by atoms with Gasteiger partial charge < -0.3 is 10.1 Å². The van der Waals surface area contributed by atoms with Crippen LogP contribution in [0, 0.1) is 0 Å². The number of nitrogens with zero attached hydrogens (tertiary/aromatic N) is 1. The summed E-state index contributed by atoms with van der Waals surface area (Å²) in [5, 5.41) is 3.03. The molecular weight excluding hydrogens is 436 g/mol. The molecule has 2 aromatic carbocycles. The number of nitrogens with one attached hydrogen (secondary N) is 1. The van der Waals surface area contributed by atoms with E-state index in [0.29, 0.717) is 6.54 Å². The summed E-state index contributed by atoms with van der Waals surface area (Å²) in [6.45, 7) is 6.69. The van der Waals surface area contributed by atoms with E-state index in [0.717, 1.165) is 12.0 Å². The van der Waals surface area contributed by atoms with E-state index >= 15 is 0 Å². The van der Waals surface area contributed by atoms with Crippen molar-refractivity contribution in [2.24, 2.45) is 0 Å². The normalized spacial score (nSPS) is 20.9. The third kappa shape index (κ3) is 5.66. The predicted octanol–water partition coefficient (Wildman–Crippen LogP) is 4.06. The Labute approximate surface area is 189 Å². The molecule has 0 radical (unpaired) electrons. The summed E-state index contributed by atoms with van der Waals surface area (Å²) in [4.78, 5) is 12.7. The SMILES string of the molecule is CCC(CNC(=O)c1ccc(Cl)c(S(=O)(=O)N2CC(C)OC(C)C2)c1)c1ccccc1. The monoisotopic (exact) mass is 464 g/mol.